The van der Waals surface area contributed by atoms with Crippen LogP contribution in [0, 0.1) is 12.8 Å². The van der Waals surface area contributed by atoms with Crippen LogP contribution in [-0.2, 0) is 0 Å². The van der Waals surface area contributed by atoms with E-state index in [9.17, 15) is 0 Å². The molecule has 1 aliphatic rings. The van der Waals surface area contributed by atoms with Crippen molar-refractivity contribution >= 4 is 11.8 Å². The van der Waals surface area contributed by atoms with Gasteiger partial charge in [-0.15, -0.1) is 0 Å². The highest BCUT2D eigenvalue weighted by Crippen LogP contribution is 2.23. The Hall–Kier alpha value is -2.96. The molecule has 1 fully saturated rings. The van der Waals surface area contributed by atoms with E-state index >= 15 is 0 Å². The summed E-state index contributed by atoms with van der Waals surface area (Å²) in [6.07, 6.45) is 1.11. The summed E-state index contributed by atoms with van der Waals surface area (Å²) >= 11 is 0. The first-order chi connectivity index (χ1) is 12.3. The summed E-state index contributed by atoms with van der Waals surface area (Å²) in [5.41, 5.74) is 2.01. The van der Waals surface area contributed by atoms with E-state index in [1.54, 1.807) is 4.68 Å². The largest absolute Gasteiger partial charge is 0.370 e. The third-order valence-corrected chi connectivity index (χ3v) is 4.48. The molecular formula is C18H21N7. The van der Waals surface area contributed by atoms with Gasteiger partial charge in [0.15, 0.2) is 0 Å². The van der Waals surface area contributed by atoms with E-state index in [0.717, 1.165) is 49.2 Å². The molecule has 0 spiro atoms. The van der Waals surface area contributed by atoms with Gasteiger partial charge in [-0.2, -0.15) is 4.68 Å². The van der Waals surface area contributed by atoms with Crippen molar-refractivity contribution in [2.24, 2.45) is 5.92 Å². The fourth-order valence-corrected chi connectivity index (χ4v) is 3.19. The molecule has 1 unspecified atom stereocenters. The standard InChI is InChI=1S/C18H21N7/c1-14-6-5-9-17(20-14)19-12-15-10-11-24(13-15)18-21-22-23-25(18)16-7-3-2-4-8-16/h2-9,15H,10-13H2,1H3,(H,19,20). The number of tetrazole rings is 1. The van der Waals surface area contributed by atoms with Gasteiger partial charge in [0.05, 0.1) is 5.69 Å². The third kappa shape index (κ3) is 3.45. The van der Waals surface area contributed by atoms with E-state index in [0.29, 0.717) is 5.92 Å². The Morgan fingerprint density at radius 3 is 2.84 bits per heavy atom. The van der Waals surface area contributed by atoms with E-state index < -0.39 is 0 Å². The van der Waals surface area contributed by atoms with Crippen LogP contribution in [0.15, 0.2) is 48.5 Å². The smallest absolute Gasteiger partial charge is 0.250 e. The number of aromatic nitrogens is 5. The maximum absolute atomic E-state index is 4.50. The number of rotatable bonds is 5. The molecular weight excluding hydrogens is 314 g/mol. The molecule has 128 valence electrons. The van der Waals surface area contributed by atoms with Gasteiger partial charge in [-0.25, -0.2) is 4.98 Å². The molecule has 1 saturated heterocycles. The van der Waals surface area contributed by atoms with Crippen molar-refractivity contribution in [1.82, 2.24) is 25.2 Å². The summed E-state index contributed by atoms with van der Waals surface area (Å²) in [6, 6.07) is 16.0. The zero-order valence-corrected chi connectivity index (χ0v) is 14.2. The molecule has 0 bridgehead atoms. The number of benzene rings is 1. The molecule has 0 aliphatic carbocycles. The van der Waals surface area contributed by atoms with Crippen LogP contribution in [0.2, 0.25) is 0 Å². The van der Waals surface area contributed by atoms with Crippen molar-refractivity contribution in [3.05, 3.63) is 54.2 Å². The summed E-state index contributed by atoms with van der Waals surface area (Å²) in [4.78, 5) is 6.75. The number of nitrogens with one attached hydrogen (secondary N) is 1. The number of pyridine rings is 1. The van der Waals surface area contributed by atoms with Crippen molar-refractivity contribution in [1.29, 1.82) is 0 Å². The van der Waals surface area contributed by atoms with Gasteiger partial charge < -0.3 is 10.2 Å². The molecule has 4 rings (SSSR count). The maximum atomic E-state index is 4.50. The van der Waals surface area contributed by atoms with Gasteiger partial charge in [-0.1, -0.05) is 29.4 Å². The molecule has 0 radical (unpaired) electrons. The molecule has 1 N–H and O–H groups in total. The van der Waals surface area contributed by atoms with Crippen LogP contribution in [0.1, 0.15) is 12.1 Å². The number of hydrogen-bond acceptors (Lipinski definition) is 6. The van der Waals surface area contributed by atoms with Gasteiger partial charge in [0, 0.05) is 25.3 Å². The van der Waals surface area contributed by atoms with Crippen molar-refractivity contribution in [3.63, 3.8) is 0 Å². The zero-order valence-electron chi connectivity index (χ0n) is 14.2. The number of aryl methyl sites for hydroxylation is 1. The third-order valence-electron chi connectivity index (χ3n) is 4.48. The molecule has 7 nitrogen and oxygen atoms in total. The average molecular weight is 335 g/mol. The minimum absolute atomic E-state index is 0.545. The Morgan fingerprint density at radius 2 is 2.00 bits per heavy atom. The summed E-state index contributed by atoms with van der Waals surface area (Å²) in [5, 5.41) is 15.7. The molecule has 0 amide bonds. The number of anilines is 2. The molecule has 1 aliphatic heterocycles. The molecule has 2 aromatic heterocycles. The zero-order chi connectivity index (χ0) is 17.1. The van der Waals surface area contributed by atoms with Gasteiger partial charge >= 0.3 is 0 Å². The van der Waals surface area contributed by atoms with Crippen LogP contribution in [0.3, 0.4) is 0 Å². The highest BCUT2D eigenvalue weighted by atomic mass is 15.6. The molecule has 3 heterocycles. The molecule has 7 heteroatoms. The van der Waals surface area contributed by atoms with E-state index in [1.165, 1.54) is 0 Å². The van der Waals surface area contributed by atoms with Gasteiger partial charge in [0.25, 0.3) is 0 Å². The van der Waals surface area contributed by atoms with E-state index in [1.807, 2.05) is 55.5 Å². The molecule has 0 saturated carbocycles. The molecule has 3 aromatic rings. The molecule has 1 aromatic carbocycles. The number of hydrogen-bond donors (Lipinski definition) is 1. The lowest BCUT2D eigenvalue weighted by molar-refractivity contribution is 0.619. The summed E-state index contributed by atoms with van der Waals surface area (Å²) in [5.74, 6) is 2.29. The van der Waals surface area contributed by atoms with E-state index in [-0.39, 0.29) is 0 Å². The fourth-order valence-electron chi connectivity index (χ4n) is 3.19. The lowest BCUT2D eigenvalue weighted by Crippen LogP contribution is -2.25. The molecule has 1 atom stereocenters. The van der Waals surface area contributed by atoms with Gasteiger partial charge in [-0.3, -0.25) is 0 Å². The highest BCUT2D eigenvalue weighted by Gasteiger charge is 2.26. The minimum Gasteiger partial charge on any atom is -0.370 e. The SMILES string of the molecule is Cc1cccc(NCC2CCN(c3nnnn3-c3ccccc3)C2)n1. The summed E-state index contributed by atoms with van der Waals surface area (Å²) in [7, 11) is 0. The predicted octanol–water partition coefficient (Wildman–Crippen LogP) is 2.30. The monoisotopic (exact) mass is 335 g/mol. The second-order valence-corrected chi connectivity index (χ2v) is 6.37. The van der Waals surface area contributed by atoms with Crippen LogP contribution in [0.4, 0.5) is 11.8 Å². The lowest BCUT2D eigenvalue weighted by Gasteiger charge is -2.17. The average Bonchev–Trinajstić information content (AvgIpc) is 3.30. The van der Waals surface area contributed by atoms with Gasteiger partial charge in [0.2, 0.25) is 5.95 Å². The first-order valence-electron chi connectivity index (χ1n) is 8.56. The highest BCUT2D eigenvalue weighted by molar-refractivity contribution is 5.41. The van der Waals surface area contributed by atoms with Crippen molar-refractivity contribution < 1.29 is 0 Å². The van der Waals surface area contributed by atoms with Gasteiger partial charge in [0.1, 0.15) is 5.82 Å². The Morgan fingerprint density at radius 1 is 1.12 bits per heavy atom. The summed E-state index contributed by atoms with van der Waals surface area (Å²) in [6.45, 7) is 4.80. The first kappa shape index (κ1) is 15.6. The Balaban J connectivity index is 1.41. The first-order valence-corrected chi connectivity index (χ1v) is 8.56. The Labute approximate surface area is 146 Å². The van der Waals surface area contributed by atoms with Crippen LogP contribution in [0.25, 0.3) is 5.69 Å². The second kappa shape index (κ2) is 6.88. The topological polar surface area (TPSA) is 71.8 Å². The van der Waals surface area contributed by atoms with Gasteiger partial charge in [-0.05, 0) is 54.0 Å². The van der Waals surface area contributed by atoms with Crippen molar-refractivity contribution in [2.75, 3.05) is 29.9 Å². The number of nitrogens with zero attached hydrogens (tertiary/aromatic N) is 6. The van der Waals surface area contributed by atoms with Crippen LogP contribution in [-0.4, -0.2) is 44.8 Å². The lowest BCUT2D eigenvalue weighted by atomic mass is 10.1. The van der Waals surface area contributed by atoms with Crippen molar-refractivity contribution in [2.45, 2.75) is 13.3 Å². The fraction of sp³-hybridized carbons (Fsp3) is 0.333. The quantitative estimate of drug-likeness (QED) is 0.771. The maximum Gasteiger partial charge on any atom is 0.250 e. The molecule has 25 heavy (non-hydrogen) atoms. The van der Waals surface area contributed by atoms with Crippen LogP contribution < -0.4 is 10.2 Å². The van der Waals surface area contributed by atoms with Crippen LogP contribution >= 0.6 is 0 Å². The van der Waals surface area contributed by atoms with E-state index in [2.05, 4.69) is 30.7 Å². The second-order valence-electron chi connectivity index (χ2n) is 6.37. The normalized spacial score (nSPS) is 17.0. The Kier molecular flexibility index (Phi) is 4.28. The minimum atomic E-state index is 0.545. The summed E-state index contributed by atoms with van der Waals surface area (Å²) < 4.78 is 1.80. The number of para-hydroxylation sites is 1. The van der Waals surface area contributed by atoms with Crippen molar-refractivity contribution in [3.8, 4) is 5.69 Å². The Bertz CT molecular complexity index is 830. The van der Waals surface area contributed by atoms with Crippen LogP contribution in [0.5, 0.6) is 0 Å². The predicted molar refractivity (Wildman–Crippen MR) is 96.9 cm³/mol. The van der Waals surface area contributed by atoms with E-state index in [4.69, 9.17) is 0 Å².